The van der Waals surface area contributed by atoms with Crippen LogP contribution in [0.4, 0.5) is 0 Å². The summed E-state index contributed by atoms with van der Waals surface area (Å²) in [6.45, 7) is 2.39. The van der Waals surface area contributed by atoms with Gasteiger partial charge < -0.3 is 25.1 Å². The van der Waals surface area contributed by atoms with Crippen molar-refractivity contribution in [1.29, 1.82) is 0 Å². The molecule has 0 aromatic heterocycles. The molecule has 0 saturated carbocycles. The Kier molecular flexibility index (Phi) is 5.92. The SMILES string of the molecule is CCC(CN)C(O)c1c(OC)cc(OC)cc1OC. The van der Waals surface area contributed by atoms with E-state index in [4.69, 9.17) is 19.9 Å². The van der Waals surface area contributed by atoms with Crippen molar-refractivity contribution < 1.29 is 19.3 Å². The summed E-state index contributed by atoms with van der Waals surface area (Å²) < 4.78 is 15.8. The van der Waals surface area contributed by atoms with Crippen molar-refractivity contribution in [3.8, 4) is 17.2 Å². The Morgan fingerprint density at radius 1 is 1.11 bits per heavy atom. The van der Waals surface area contributed by atoms with E-state index in [1.54, 1.807) is 33.5 Å². The van der Waals surface area contributed by atoms with Gasteiger partial charge in [-0.25, -0.2) is 0 Å². The van der Waals surface area contributed by atoms with Gasteiger partial charge in [0.15, 0.2) is 0 Å². The van der Waals surface area contributed by atoms with Crippen LogP contribution in [0.3, 0.4) is 0 Å². The van der Waals surface area contributed by atoms with Crippen molar-refractivity contribution in [2.24, 2.45) is 11.7 Å². The van der Waals surface area contributed by atoms with Gasteiger partial charge in [-0.05, 0) is 13.0 Å². The van der Waals surface area contributed by atoms with Crippen molar-refractivity contribution in [2.75, 3.05) is 27.9 Å². The fourth-order valence-electron chi connectivity index (χ4n) is 2.08. The monoisotopic (exact) mass is 269 g/mol. The first-order valence-corrected chi connectivity index (χ1v) is 6.30. The molecule has 19 heavy (non-hydrogen) atoms. The first-order chi connectivity index (χ1) is 9.12. The Morgan fingerprint density at radius 3 is 1.95 bits per heavy atom. The minimum atomic E-state index is -0.731. The van der Waals surface area contributed by atoms with Crippen molar-refractivity contribution in [3.05, 3.63) is 17.7 Å². The van der Waals surface area contributed by atoms with Gasteiger partial charge in [-0.3, -0.25) is 0 Å². The van der Waals surface area contributed by atoms with Gasteiger partial charge in [-0.2, -0.15) is 0 Å². The molecule has 0 spiro atoms. The number of benzene rings is 1. The van der Waals surface area contributed by atoms with Crippen LogP contribution in [0.2, 0.25) is 0 Å². The summed E-state index contributed by atoms with van der Waals surface area (Å²) in [6, 6.07) is 3.45. The van der Waals surface area contributed by atoms with Crippen molar-refractivity contribution >= 4 is 0 Å². The topological polar surface area (TPSA) is 73.9 Å². The highest BCUT2D eigenvalue weighted by atomic mass is 16.5. The van der Waals surface area contributed by atoms with E-state index in [1.165, 1.54) is 0 Å². The lowest BCUT2D eigenvalue weighted by Crippen LogP contribution is -2.22. The van der Waals surface area contributed by atoms with E-state index < -0.39 is 6.10 Å². The average Bonchev–Trinajstić information content (AvgIpc) is 2.46. The zero-order valence-corrected chi connectivity index (χ0v) is 12.0. The van der Waals surface area contributed by atoms with E-state index in [0.717, 1.165) is 6.42 Å². The van der Waals surface area contributed by atoms with E-state index in [-0.39, 0.29) is 5.92 Å². The number of aliphatic hydroxyl groups excluding tert-OH is 1. The Balaban J connectivity index is 3.30. The quantitative estimate of drug-likeness (QED) is 0.788. The van der Waals surface area contributed by atoms with Gasteiger partial charge in [0.1, 0.15) is 17.2 Å². The molecule has 0 aliphatic rings. The number of aliphatic hydroxyl groups is 1. The normalized spacial score (nSPS) is 13.8. The molecule has 2 atom stereocenters. The molecule has 0 heterocycles. The van der Waals surface area contributed by atoms with Gasteiger partial charge in [0, 0.05) is 18.1 Å². The lowest BCUT2D eigenvalue weighted by atomic mass is 9.92. The summed E-state index contributed by atoms with van der Waals surface area (Å²) in [5, 5.41) is 10.5. The van der Waals surface area contributed by atoms with Crippen molar-refractivity contribution in [3.63, 3.8) is 0 Å². The average molecular weight is 269 g/mol. The van der Waals surface area contributed by atoms with Crippen LogP contribution in [-0.4, -0.2) is 33.0 Å². The summed E-state index contributed by atoms with van der Waals surface area (Å²) in [4.78, 5) is 0. The highest BCUT2D eigenvalue weighted by Gasteiger charge is 2.26. The van der Waals surface area contributed by atoms with E-state index >= 15 is 0 Å². The Bertz CT molecular complexity index is 379. The van der Waals surface area contributed by atoms with Crippen LogP contribution in [0.1, 0.15) is 25.0 Å². The standard InChI is InChI=1S/C14H23NO4/c1-5-9(8-15)14(16)13-11(18-3)6-10(17-2)7-12(13)19-4/h6-7,9,14,16H,5,8,15H2,1-4H3. The third-order valence-corrected chi connectivity index (χ3v) is 3.32. The fourth-order valence-corrected chi connectivity index (χ4v) is 2.08. The Hall–Kier alpha value is -1.46. The minimum Gasteiger partial charge on any atom is -0.496 e. The predicted octanol–water partition coefficient (Wildman–Crippen LogP) is 1.73. The molecule has 0 aliphatic carbocycles. The lowest BCUT2D eigenvalue weighted by molar-refractivity contribution is 0.104. The lowest BCUT2D eigenvalue weighted by Gasteiger charge is -2.24. The van der Waals surface area contributed by atoms with Crippen molar-refractivity contribution in [2.45, 2.75) is 19.4 Å². The van der Waals surface area contributed by atoms with E-state index in [9.17, 15) is 5.11 Å². The second kappa shape index (κ2) is 7.21. The van der Waals surface area contributed by atoms with E-state index in [0.29, 0.717) is 29.4 Å². The molecule has 0 aliphatic heterocycles. The summed E-state index contributed by atoms with van der Waals surface area (Å²) in [5.74, 6) is 1.65. The molecule has 0 fully saturated rings. The van der Waals surface area contributed by atoms with Crippen LogP contribution >= 0.6 is 0 Å². The highest BCUT2D eigenvalue weighted by Crippen LogP contribution is 2.41. The molecule has 3 N–H and O–H groups in total. The Morgan fingerprint density at radius 2 is 1.63 bits per heavy atom. The van der Waals surface area contributed by atoms with Crippen LogP contribution < -0.4 is 19.9 Å². The van der Waals surface area contributed by atoms with Gasteiger partial charge in [0.25, 0.3) is 0 Å². The molecule has 1 aromatic carbocycles. The zero-order chi connectivity index (χ0) is 14.4. The molecule has 5 nitrogen and oxygen atoms in total. The second-order valence-electron chi connectivity index (χ2n) is 4.29. The third kappa shape index (κ3) is 3.30. The molecule has 1 rings (SSSR count). The maximum absolute atomic E-state index is 10.5. The molecule has 0 saturated heterocycles. The van der Waals surface area contributed by atoms with Gasteiger partial charge in [-0.15, -0.1) is 0 Å². The fraction of sp³-hybridized carbons (Fsp3) is 0.571. The molecule has 0 bridgehead atoms. The zero-order valence-electron chi connectivity index (χ0n) is 12.0. The summed E-state index contributed by atoms with van der Waals surface area (Å²) in [7, 11) is 4.67. The van der Waals surface area contributed by atoms with Gasteiger partial charge in [-0.1, -0.05) is 6.92 Å². The first kappa shape index (κ1) is 15.6. The van der Waals surface area contributed by atoms with E-state index in [1.807, 2.05) is 6.92 Å². The van der Waals surface area contributed by atoms with E-state index in [2.05, 4.69) is 0 Å². The molecule has 5 heteroatoms. The number of methoxy groups -OCH3 is 3. The summed E-state index contributed by atoms with van der Waals surface area (Å²) >= 11 is 0. The second-order valence-corrected chi connectivity index (χ2v) is 4.29. The molecule has 0 radical (unpaired) electrons. The molecular formula is C14H23NO4. The Labute approximate surface area is 114 Å². The maximum atomic E-state index is 10.5. The van der Waals surface area contributed by atoms with Gasteiger partial charge >= 0.3 is 0 Å². The van der Waals surface area contributed by atoms with Crippen molar-refractivity contribution in [1.82, 2.24) is 0 Å². The number of nitrogens with two attached hydrogens (primary N) is 1. The van der Waals surface area contributed by atoms with Crippen LogP contribution in [0.15, 0.2) is 12.1 Å². The number of rotatable bonds is 7. The minimum absolute atomic E-state index is 0.0452. The molecular weight excluding hydrogens is 246 g/mol. The maximum Gasteiger partial charge on any atom is 0.132 e. The smallest absolute Gasteiger partial charge is 0.132 e. The first-order valence-electron chi connectivity index (χ1n) is 6.30. The summed E-state index contributed by atoms with van der Waals surface area (Å²) in [5.41, 5.74) is 6.31. The van der Waals surface area contributed by atoms with Gasteiger partial charge in [0.2, 0.25) is 0 Å². The van der Waals surface area contributed by atoms with Gasteiger partial charge in [0.05, 0.1) is 33.0 Å². The van der Waals surface area contributed by atoms with Crippen LogP contribution in [0, 0.1) is 5.92 Å². The third-order valence-electron chi connectivity index (χ3n) is 3.32. The molecule has 0 amide bonds. The predicted molar refractivity (Wildman–Crippen MR) is 73.9 cm³/mol. The van der Waals surface area contributed by atoms with Crippen LogP contribution in [0.25, 0.3) is 0 Å². The highest BCUT2D eigenvalue weighted by molar-refractivity contribution is 5.52. The largest absolute Gasteiger partial charge is 0.496 e. The van der Waals surface area contributed by atoms with Crippen LogP contribution in [-0.2, 0) is 0 Å². The number of hydrogen-bond acceptors (Lipinski definition) is 5. The number of hydrogen-bond donors (Lipinski definition) is 2. The molecule has 1 aromatic rings. The molecule has 2 unspecified atom stereocenters. The summed E-state index contributed by atoms with van der Waals surface area (Å²) in [6.07, 6.45) is 0.0431. The van der Waals surface area contributed by atoms with Crippen LogP contribution in [0.5, 0.6) is 17.2 Å². The molecule has 108 valence electrons. The number of ether oxygens (including phenoxy) is 3.